The lowest BCUT2D eigenvalue weighted by atomic mass is 10.1. The smallest absolute Gasteiger partial charge is 0.269 e. The van der Waals surface area contributed by atoms with E-state index in [1.165, 1.54) is 18.2 Å². The van der Waals surface area contributed by atoms with Crippen molar-refractivity contribution in [3.63, 3.8) is 0 Å². The third-order valence-corrected chi connectivity index (χ3v) is 4.96. The molecule has 0 saturated heterocycles. The zero-order chi connectivity index (χ0) is 23.9. The van der Waals surface area contributed by atoms with Gasteiger partial charge in [-0.25, -0.2) is 4.68 Å². The van der Waals surface area contributed by atoms with Gasteiger partial charge in [-0.05, 0) is 42.0 Å². The van der Waals surface area contributed by atoms with E-state index < -0.39 is 10.8 Å². The van der Waals surface area contributed by atoms with Crippen molar-refractivity contribution in [2.75, 3.05) is 0 Å². The minimum atomic E-state index is -0.534. The van der Waals surface area contributed by atoms with Crippen LogP contribution in [0.1, 0.15) is 11.1 Å². The fourth-order valence-electron chi connectivity index (χ4n) is 3.26. The minimum absolute atomic E-state index is 0.0455. The summed E-state index contributed by atoms with van der Waals surface area (Å²) in [5, 5.41) is 28.0. The van der Waals surface area contributed by atoms with E-state index in [0.29, 0.717) is 16.8 Å². The molecule has 2 aromatic heterocycles. The van der Waals surface area contributed by atoms with Crippen LogP contribution in [0.15, 0.2) is 90.9 Å². The predicted molar refractivity (Wildman–Crippen MR) is 125 cm³/mol. The summed E-state index contributed by atoms with van der Waals surface area (Å²) in [6.07, 6.45) is 6.43. The number of carbonyl (C=O) groups is 1. The number of nitrogens with one attached hydrogen (secondary N) is 1. The number of rotatable bonds is 7. The Morgan fingerprint density at radius 3 is 2.53 bits per heavy atom. The van der Waals surface area contributed by atoms with Crippen LogP contribution in [-0.4, -0.2) is 25.6 Å². The Labute approximate surface area is 194 Å². The Balaban J connectivity index is 1.70. The van der Waals surface area contributed by atoms with Crippen molar-refractivity contribution in [1.82, 2.24) is 20.1 Å². The SMILES string of the molecule is N#C/C(=C\c1cn(-c2ccccc2)nc1-c1ccc([N+](=O)[O-])cc1)C(=O)NCc1cccnc1. The lowest BCUT2D eigenvalue weighted by molar-refractivity contribution is -0.384. The Morgan fingerprint density at radius 2 is 1.88 bits per heavy atom. The van der Waals surface area contributed by atoms with E-state index in [2.05, 4.69) is 15.4 Å². The van der Waals surface area contributed by atoms with Crippen LogP contribution in [0.5, 0.6) is 0 Å². The summed E-state index contributed by atoms with van der Waals surface area (Å²) in [6, 6.07) is 20.8. The molecule has 0 spiro atoms. The van der Waals surface area contributed by atoms with E-state index in [1.807, 2.05) is 42.5 Å². The Bertz CT molecular complexity index is 1390. The van der Waals surface area contributed by atoms with E-state index in [4.69, 9.17) is 0 Å². The van der Waals surface area contributed by atoms with E-state index >= 15 is 0 Å². The molecule has 1 amide bonds. The molecule has 166 valence electrons. The number of hydrogen-bond acceptors (Lipinski definition) is 6. The van der Waals surface area contributed by atoms with Crippen molar-refractivity contribution in [1.29, 1.82) is 5.26 Å². The molecule has 0 radical (unpaired) electrons. The molecule has 4 aromatic rings. The number of pyridine rings is 1. The maximum atomic E-state index is 12.7. The van der Waals surface area contributed by atoms with Gasteiger partial charge < -0.3 is 5.32 Å². The fraction of sp³-hybridized carbons (Fsp3) is 0.0400. The van der Waals surface area contributed by atoms with E-state index in [1.54, 1.807) is 41.5 Å². The van der Waals surface area contributed by atoms with Crippen LogP contribution in [-0.2, 0) is 11.3 Å². The third-order valence-electron chi connectivity index (χ3n) is 4.96. The van der Waals surface area contributed by atoms with Crippen molar-refractivity contribution in [2.45, 2.75) is 6.54 Å². The largest absolute Gasteiger partial charge is 0.347 e. The number of nitro benzene ring substituents is 1. The van der Waals surface area contributed by atoms with Gasteiger partial charge in [-0.1, -0.05) is 24.3 Å². The molecule has 0 aliphatic rings. The molecule has 2 heterocycles. The molecule has 4 rings (SSSR count). The second kappa shape index (κ2) is 10.0. The zero-order valence-corrected chi connectivity index (χ0v) is 17.8. The molecule has 9 nitrogen and oxygen atoms in total. The number of aromatic nitrogens is 3. The summed E-state index contributed by atoms with van der Waals surface area (Å²) in [7, 11) is 0. The summed E-state index contributed by atoms with van der Waals surface area (Å²) in [6.45, 7) is 0.226. The van der Waals surface area contributed by atoms with Gasteiger partial charge in [0.1, 0.15) is 17.3 Å². The number of hydrogen-bond donors (Lipinski definition) is 1. The van der Waals surface area contributed by atoms with Crippen molar-refractivity contribution in [3.05, 3.63) is 112 Å². The quantitative estimate of drug-likeness (QED) is 0.196. The molecule has 0 aliphatic heterocycles. The normalized spacial score (nSPS) is 11.0. The number of carbonyl (C=O) groups excluding carboxylic acids is 1. The lowest BCUT2D eigenvalue weighted by Crippen LogP contribution is -2.24. The molecule has 1 N–H and O–H groups in total. The number of amides is 1. The first kappa shape index (κ1) is 22.1. The Kier molecular flexibility index (Phi) is 6.51. The Hall–Kier alpha value is -5.10. The van der Waals surface area contributed by atoms with E-state index in [9.17, 15) is 20.2 Å². The van der Waals surface area contributed by atoms with E-state index in [-0.39, 0.29) is 17.8 Å². The molecule has 0 atom stereocenters. The fourth-order valence-corrected chi connectivity index (χ4v) is 3.26. The molecule has 0 unspecified atom stereocenters. The highest BCUT2D eigenvalue weighted by atomic mass is 16.6. The van der Waals surface area contributed by atoms with Crippen LogP contribution in [0, 0.1) is 21.4 Å². The molecule has 2 aromatic carbocycles. The zero-order valence-electron chi connectivity index (χ0n) is 17.8. The van der Waals surface area contributed by atoms with Gasteiger partial charge in [0.2, 0.25) is 0 Å². The first-order valence-electron chi connectivity index (χ1n) is 10.2. The van der Waals surface area contributed by atoms with Gasteiger partial charge in [-0.15, -0.1) is 0 Å². The second-order valence-electron chi connectivity index (χ2n) is 7.23. The Morgan fingerprint density at radius 1 is 1.12 bits per heavy atom. The molecule has 0 saturated carbocycles. The standard InChI is InChI=1S/C25H18N6O3/c26-14-20(25(32)28-16-18-5-4-12-27-15-18)13-21-17-30(22-6-2-1-3-7-22)29-24(21)19-8-10-23(11-9-19)31(33)34/h1-13,15,17H,16H2,(H,28,32)/b20-13+. The molecule has 0 aliphatic carbocycles. The summed E-state index contributed by atoms with van der Waals surface area (Å²) in [4.78, 5) is 27.2. The average Bonchev–Trinajstić information content (AvgIpc) is 3.31. The van der Waals surface area contributed by atoms with Crippen LogP contribution < -0.4 is 5.32 Å². The van der Waals surface area contributed by atoms with Crippen LogP contribution in [0.25, 0.3) is 23.0 Å². The highest BCUT2D eigenvalue weighted by molar-refractivity contribution is 6.02. The van der Waals surface area contributed by atoms with Gasteiger partial charge in [0.05, 0.1) is 10.6 Å². The monoisotopic (exact) mass is 450 g/mol. The van der Waals surface area contributed by atoms with Crippen molar-refractivity contribution < 1.29 is 9.72 Å². The van der Waals surface area contributed by atoms with Gasteiger partial charge in [-0.2, -0.15) is 10.4 Å². The van der Waals surface area contributed by atoms with Gasteiger partial charge in [0.15, 0.2) is 0 Å². The first-order chi connectivity index (χ1) is 16.5. The average molecular weight is 450 g/mol. The molecule has 34 heavy (non-hydrogen) atoms. The van der Waals surface area contributed by atoms with Crippen molar-refractivity contribution in [3.8, 4) is 23.0 Å². The number of para-hydroxylation sites is 1. The number of nitrogens with zero attached hydrogens (tertiary/aromatic N) is 5. The highest BCUT2D eigenvalue weighted by Crippen LogP contribution is 2.27. The molecular weight excluding hydrogens is 432 g/mol. The van der Waals surface area contributed by atoms with Gasteiger partial charge in [-0.3, -0.25) is 19.9 Å². The van der Waals surface area contributed by atoms with Crippen LogP contribution >= 0.6 is 0 Å². The number of nitro groups is 1. The maximum Gasteiger partial charge on any atom is 0.269 e. The van der Waals surface area contributed by atoms with Crippen molar-refractivity contribution >= 4 is 17.7 Å². The third kappa shape index (κ3) is 5.03. The van der Waals surface area contributed by atoms with Crippen LogP contribution in [0.4, 0.5) is 5.69 Å². The van der Waals surface area contributed by atoms with Crippen molar-refractivity contribution in [2.24, 2.45) is 0 Å². The summed E-state index contributed by atoms with van der Waals surface area (Å²) >= 11 is 0. The summed E-state index contributed by atoms with van der Waals surface area (Å²) in [5.41, 5.74) is 3.05. The minimum Gasteiger partial charge on any atom is -0.347 e. The summed E-state index contributed by atoms with van der Waals surface area (Å²) in [5.74, 6) is -0.534. The molecule has 0 bridgehead atoms. The predicted octanol–water partition coefficient (Wildman–Crippen LogP) is 4.07. The number of nitriles is 1. The number of non-ortho nitro benzene ring substituents is 1. The van der Waals surface area contributed by atoms with Gasteiger partial charge in [0.25, 0.3) is 11.6 Å². The van der Waals surface area contributed by atoms with Crippen LogP contribution in [0.3, 0.4) is 0 Å². The topological polar surface area (TPSA) is 127 Å². The molecular formula is C25H18N6O3. The van der Waals surface area contributed by atoms with Gasteiger partial charge >= 0.3 is 0 Å². The van der Waals surface area contributed by atoms with Crippen LogP contribution in [0.2, 0.25) is 0 Å². The molecule has 9 heteroatoms. The summed E-state index contributed by atoms with van der Waals surface area (Å²) < 4.78 is 1.63. The second-order valence-corrected chi connectivity index (χ2v) is 7.23. The number of benzene rings is 2. The maximum absolute atomic E-state index is 12.7. The van der Waals surface area contributed by atoms with E-state index in [0.717, 1.165) is 11.3 Å². The van der Waals surface area contributed by atoms with Gasteiger partial charge in [0, 0.05) is 48.4 Å². The first-order valence-corrected chi connectivity index (χ1v) is 10.2. The highest BCUT2D eigenvalue weighted by Gasteiger charge is 2.16. The molecule has 0 fully saturated rings. The lowest BCUT2D eigenvalue weighted by Gasteiger charge is -2.04.